The van der Waals surface area contributed by atoms with Crippen molar-refractivity contribution in [3.63, 3.8) is 0 Å². The summed E-state index contributed by atoms with van der Waals surface area (Å²) in [5.41, 5.74) is 0. The number of unbranched alkanes of at least 4 members (excludes halogenated alkanes) is 10. The second kappa shape index (κ2) is 16.0. The van der Waals surface area contributed by atoms with Crippen LogP contribution in [-0.4, -0.2) is 0 Å². The van der Waals surface area contributed by atoms with Crippen LogP contribution in [-0.2, 0) is 0 Å². The summed E-state index contributed by atoms with van der Waals surface area (Å²) in [6.07, 6.45) is 17.5. The summed E-state index contributed by atoms with van der Waals surface area (Å²) in [6.45, 7) is 6.95. The first kappa shape index (κ1) is 19.3. The fraction of sp³-hybridized carbons (Fsp3) is 1.00. The summed E-state index contributed by atoms with van der Waals surface area (Å²) < 4.78 is 0. The van der Waals surface area contributed by atoms with Gasteiger partial charge in [0.25, 0.3) is 0 Å². The van der Waals surface area contributed by atoms with Crippen LogP contribution in [0.2, 0.25) is 0 Å². The molecule has 0 unspecified atom stereocenters. The second-order valence-electron chi connectivity index (χ2n) is 5.72. The van der Waals surface area contributed by atoms with Gasteiger partial charge in [-0.1, -0.05) is 97.8 Å². The molecular formula is C16H37N. The zero-order chi connectivity index (χ0) is 12.1. The van der Waals surface area contributed by atoms with Crippen LogP contribution in [0.4, 0.5) is 0 Å². The summed E-state index contributed by atoms with van der Waals surface area (Å²) >= 11 is 0. The van der Waals surface area contributed by atoms with E-state index in [4.69, 9.17) is 0 Å². The molecule has 0 atom stereocenters. The highest BCUT2D eigenvalue weighted by Crippen LogP contribution is 2.13. The first-order valence-electron chi connectivity index (χ1n) is 7.77. The maximum atomic E-state index is 2.33. The van der Waals surface area contributed by atoms with Gasteiger partial charge >= 0.3 is 0 Å². The summed E-state index contributed by atoms with van der Waals surface area (Å²) in [5.74, 6) is 0.901. The Morgan fingerprint density at radius 3 is 1.29 bits per heavy atom. The van der Waals surface area contributed by atoms with Crippen molar-refractivity contribution in [2.45, 2.75) is 97.8 Å². The summed E-state index contributed by atoms with van der Waals surface area (Å²) in [4.78, 5) is 0. The van der Waals surface area contributed by atoms with Crippen molar-refractivity contribution in [3.8, 4) is 0 Å². The third-order valence-electron chi connectivity index (χ3n) is 3.39. The Bertz CT molecular complexity index is 121. The Labute approximate surface area is 110 Å². The SMILES string of the molecule is CCCCCCCCCCCCCC(C)C.N. The molecule has 0 aliphatic carbocycles. The lowest BCUT2D eigenvalue weighted by Gasteiger charge is -2.04. The van der Waals surface area contributed by atoms with E-state index in [-0.39, 0.29) is 6.15 Å². The molecule has 0 fully saturated rings. The molecule has 0 amide bonds. The van der Waals surface area contributed by atoms with Crippen LogP contribution in [0, 0.1) is 5.92 Å². The predicted molar refractivity (Wildman–Crippen MR) is 80.9 cm³/mol. The van der Waals surface area contributed by atoms with Crippen molar-refractivity contribution in [1.29, 1.82) is 0 Å². The molecule has 0 aromatic rings. The number of hydrogen-bond acceptors (Lipinski definition) is 1. The smallest absolute Gasteiger partial charge is 0.0471 e. The summed E-state index contributed by atoms with van der Waals surface area (Å²) in [6, 6.07) is 0. The van der Waals surface area contributed by atoms with Gasteiger partial charge in [-0.15, -0.1) is 0 Å². The van der Waals surface area contributed by atoms with Gasteiger partial charge in [0.05, 0.1) is 0 Å². The van der Waals surface area contributed by atoms with Gasteiger partial charge in [-0.2, -0.15) is 0 Å². The molecule has 0 heterocycles. The quantitative estimate of drug-likeness (QED) is 0.390. The van der Waals surface area contributed by atoms with Gasteiger partial charge in [0, 0.05) is 0 Å². The molecule has 0 rings (SSSR count). The van der Waals surface area contributed by atoms with E-state index in [9.17, 15) is 0 Å². The highest BCUT2D eigenvalue weighted by molar-refractivity contribution is 4.50. The van der Waals surface area contributed by atoms with Crippen molar-refractivity contribution in [2.75, 3.05) is 0 Å². The molecule has 0 aliphatic rings. The van der Waals surface area contributed by atoms with Gasteiger partial charge in [0.2, 0.25) is 0 Å². The maximum Gasteiger partial charge on any atom is -0.0471 e. The molecular weight excluding hydrogens is 206 g/mol. The predicted octanol–water partition coefficient (Wildman–Crippen LogP) is 6.51. The van der Waals surface area contributed by atoms with Crippen LogP contribution in [0.25, 0.3) is 0 Å². The highest BCUT2D eigenvalue weighted by Gasteiger charge is 1.95. The minimum Gasteiger partial charge on any atom is -0.344 e. The van der Waals surface area contributed by atoms with E-state index in [1.54, 1.807) is 0 Å². The lowest BCUT2D eigenvalue weighted by molar-refractivity contribution is 0.504. The van der Waals surface area contributed by atoms with E-state index in [0.717, 1.165) is 5.92 Å². The molecule has 0 aromatic carbocycles. The number of rotatable bonds is 12. The summed E-state index contributed by atoms with van der Waals surface area (Å²) in [5, 5.41) is 0. The van der Waals surface area contributed by atoms with E-state index in [2.05, 4.69) is 20.8 Å². The average Bonchev–Trinajstić information content (AvgIpc) is 2.25. The molecule has 0 aromatic heterocycles. The minimum atomic E-state index is 0. The first-order valence-corrected chi connectivity index (χ1v) is 7.77. The van der Waals surface area contributed by atoms with E-state index in [1.807, 2.05) is 0 Å². The average molecular weight is 243 g/mol. The Hall–Kier alpha value is -0.0400. The first-order chi connectivity index (χ1) is 7.77. The minimum absolute atomic E-state index is 0. The van der Waals surface area contributed by atoms with Crippen LogP contribution < -0.4 is 6.15 Å². The molecule has 1 heteroatoms. The topological polar surface area (TPSA) is 35.0 Å². The van der Waals surface area contributed by atoms with Crippen molar-refractivity contribution in [3.05, 3.63) is 0 Å². The molecule has 0 aliphatic heterocycles. The Balaban J connectivity index is 0. The Kier molecular flexibility index (Phi) is 18.1. The fourth-order valence-electron chi connectivity index (χ4n) is 2.22. The van der Waals surface area contributed by atoms with E-state index in [1.165, 1.54) is 77.0 Å². The molecule has 0 spiro atoms. The number of hydrogen-bond donors (Lipinski definition) is 1. The molecule has 0 saturated carbocycles. The lowest BCUT2D eigenvalue weighted by Crippen LogP contribution is -1.87. The molecule has 0 saturated heterocycles. The molecule has 17 heavy (non-hydrogen) atoms. The monoisotopic (exact) mass is 243 g/mol. The highest BCUT2D eigenvalue weighted by atomic mass is 14.0. The van der Waals surface area contributed by atoms with Crippen LogP contribution >= 0.6 is 0 Å². The van der Waals surface area contributed by atoms with Gasteiger partial charge in [-0.25, -0.2) is 0 Å². The van der Waals surface area contributed by atoms with Gasteiger partial charge in [-0.05, 0) is 5.92 Å². The van der Waals surface area contributed by atoms with Crippen LogP contribution in [0.5, 0.6) is 0 Å². The second-order valence-corrected chi connectivity index (χ2v) is 5.72. The normalized spacial score (nSPS) is 10.6. The van der Waals surface area contributed by atoms with Gasteiger partial charge in [0.15, 0.2) is 0 Å². The molecule has 106 valence electrons. The standard InChI is InChI=1S/C16H34.H3N/c1-4-5-6-7-8-9-10-11-12-13-14-15-16(2)3;/h16H,4-15H2,1-3H3;1H3. The van der Waals surface area contributed by atoms with E-state index < -0.39 is 0 Å². The molecule has 0 radical (unpaired) electrons. The van der Waals surface area contributed by atoms with Crippen molar-refractivity contribution >= 4 is 0 Å². The third-order valence-corrected chi connectivity index (χ3v) is 3.39. The zero-order valence-electron chi connectivity index (χ0n) is 12.8. The van der Waals surface area contributed by atoms with Crippen molar-refractivity contribution in [2.24, 2.45) is 5.92 Å². The van der Waals surface area contributed by atoms with Crippen LogP contribution in [0.3, 0.4) is 0 Å². The zero-order valence-corrected chi connectivity index (χ0v) is 12.8. The van der Waals surface area contributed by atoms with E-state index in [0.29, 0.717) is 0 Å². The van der Waals surface area contributed by atoms with Crippen LogP contribution in [0.1, 0.15) is 97.8 Å². The Morgan fingerprint density at radius 2 is 0.941 bits per heavy atom. The van der Waals surface area contributed by atoms with Gasteiger partial charge in [-0.3, -0.25) is 0 Å². The largest absolute Gasteiger partial charge is 0.344 e. The van der Waals surface area contributed by atoms with Gasteiger partial charge < -0.3 is 6.15 Å². The van der Waals surface area contributed by atoms with E-state index >= 15 is 0 Å². The van der Waals surface area contributed by atoms with Crippen molar-refractivity contribution in [1.82, 2.24) is 6.15 Å². The molecule has 3 N–H and O–H groups in total. The van der Waals surface area contributed by atoms with Crippen LogP contribution in [0.15, 0.2) is 0 Å². The summed E-state index contributed by atoms with van der Waals surface area (Å²) in [7, 11) is 0. The maximum absolute atomic E-state index is 2.33. The molecule has 0 bridgehead atoms. The Morgan fingerprint density at radius 1 is 0.588 bits per heavy atom. The van der Waals surface area contributed by atoms with Gasteiger partial charge in [0.1, 0.15) is 0 Å². The molecule has 1 nitrogen and oxygen atoms in total. The van der Waals surface area contributed by atoms with Crippen molar-refractivity contribution < 1.29 is 0 Å². The lowest BCUT2D eigenvalue weighted by atomic mass is 10.0. The third kappa shape index (κ3) is 18.5. The fourth-order valence-corrected chi connectivity index (χ4v) is 2.22.